The van der Waals surface area contributed by atoms with E-state index in [1.165, 1.54) is 88.0 Å². The van der Waals surface area contributed by atoms with E-state index in [-0.39, 0.29) is 45.1 Å². The molecule has 26 heteroatoms. The van der Waals surface area contributed by atoms with Gasteiger partial charge < -0.3 is 55.1 Å². The molecule has 9 atom stereocenters. The van der Waals surface area contributed by atoms with Crippen molar-refractivity contribution in [3.05, 3.63) is 106 Å². The Bertz CT molecular complexity index is 3090. The number of carbonyl (C=O) groups is 11. The molecule has 5 rings (SSSR count). The zero-order valence-corrected chi connectivity index (χ0v) is 55.1. The van der Waals surface area contributed by atoms with Crippen molar-refractivity contribution in [2.24, 2.45) is 11.8 Å². The fourth-order valence-electron chi connectivity index (χ4n) is 11.2. The van der Waals surface area contributed by atoms with Crippen molar-refractivity contribution in [1.82, 2.24) is 55.1 Å². The summed E-state index contributed by atoms with van der Waals surface area (Å²) >= 11 is 6.20. The SMILES string of the molecule is CC[C@H](C)[C@@H]1NC(=O)[C@H](C)N(C)C(=O)C[C@@H](C)NC(=O)[C@H](C(C)C)N(C)C(=O)[C@H](Cc2ccccc2)N(C)C(=O)[C@@H]2CCCN2C(=O)[C@H](CCc2ccc(C(F)(F)F)cc2)NC(=O)CN(C)C(=O)[C@H](Cc2ccc(Cl)cc2)N(C)C(=O)CN(C)C(=O)CN(C)C1=O. The Morgan fingerprint density at radius 2 is 1.13 bits per heavy atom. The standard InChI is InChI=1S/C65H89ClF3N11O11/c1-14-40(4)56-64(91)75(9)37-54(83)73(7)38-55(84)77(11)50(35-45-24-29-47(66)30-25-45)61(88)74(8)36-52(81)71-48(31-26-43-22-27-46(28-23-43)65(67,68)69)60(87)80-32-18-21-49(80)62(89)78(12)51(34-44-19-16-15-17-20-44)63(90)79(13)57(39(2)3)59(86)70-41(5)33-53(82)76(10)42(6)58(85)72-56/h15-17,19-20,22-25,27-30,39-42,48-51,56-57H,14,18,21,26,31-38H2,1-13H3,(H,70,86)(H,71,81)(H,72,85)/t40-,41+,42-,48-,49-,50-,51-,56-,57-/m0/s1. The fourth-order valence-corrected chi connectivity index (χ4v) is 11.3. The third-order valence-electron chi connectivity index (χ3n) is 17.3. The van der Waals surface area contributed by atoms with Crippen LogP contribution in [0.2, 0.25) is 5.02 Å². The second-order valence-corrected chi connectivity index (χ2v) is 24.9. The molecule has 0 spiro atoms. The van der Waals surface area contributed by atoms with E-state index >= 15 is 14.4 Å². The second kappa shape index (κ2) is 32.8. The van der Waals surface area contributed by atoms with E-state index in [0.717, 1.165) is 31.7 Å². The Hall–Kier alpha value is -8.09. The average molecular weight is 1290 g/mol. The highest BCUT2D eigenvalue weighted by Gasteiger charge is 2.44. The molecule has 0 aliphatic carbocycles. The van der Waals surface area contributed by atoms with Gasteiger partial charge in [-0.15, -0.1) is 0 Å². The number of rotatable bonds is 10. The summed E-state index contributed by atoms with van der Waals surface area (Å²) < 4.78 is 40.9. The lowest BCUT2D eigenvalue weighted by Crippen LogP contribution is -2.60. The number of nitrogens with one attached hydrogen (secondary N) is 3. The van der Waals surface area contributed by atoms with E-state index in [1.54, 1.807) is 82.3 Å². The van der Waals surface area contributed by atoms with Crippen LogP contribution in [0.25, 0.3) is 0 Å². The summed E-state index contributed by atoms with van der Waals surface area (Å²) in [5, 5.41) is 8.73. The molecular weight excluding hydrogens is 1200 g/mol. The van der Waals surface area contributed by atoms with E-state index in [4.69, 9.17) is 11.6 Å². The van der Waals surface area contributed by atoms with Gasteiger partial charge in [-0.25, -0.2) is 0 Å². The van der Waals surface area contributed by atoms with Crippen LogP contribution in [0, 0.1) is 11.8 Å². The van der Waals surface area contributed by atoms with Crippen LogP contribution in [-0.4, -0.2) is 228 Å². The highest BCUT2D eigenvalue weighted by atomic mass is 35.5. The fraction of sp³-hybridized carbons (Fsp3) is 0.554. The minimum Gasteiger partial charge on any atom is -0.351 e. The van der Waals surface area contributed by atoms with Crippen molar-refractivity contribution in [1.29, 1.82) is 0 Å². The molecule has 11 amide bonds. The molecule has 0 saturated carbocycles. The van der Waals surface area contributed by atoms with Crippen LogP contribution < -0.4 is 16.0 Å². The zero-order chi connectivity index (χ0) is 67.9. The number of carbonyl (C=O) groups excluding carboxylic acids is 11. The van der Waals surface area contributed by atoms with Crippen molar-refractivity contribution in [3.63, 3.8) is 0 Å². The first kappa shape index (κ1) is 73.6. The van der Waals surface area contributed by atoms with Crippen molar-refractivity contribution >= 4 is 76.6 Å². The molecule has 22 nitrogen and oxygen atoms in total. The molecule has 0 bridgehead atoms. The first-order chi connectivity index (χ1) is 42.7. The summed E-state index contributed by atoms with van der Waals surface area (Å²) in [5.74, 6) is -8.40. The highest BCUT2D eigenvalue weighted by Crippen LogP contribution is 2.30. The number of benzene rings is 3. The van der Waals surface area contributed by atoms with Crippen molar-refractivity contribution < 1.29 is 65.9 Å². The van der Waals surface area contributed by atoms with E-state index < -0.39 is 157 Å². The van der Waals surface area contributed by atoms with Crippen LogP contribution in [-0.2, 0) is 78.2 Å². The Kier molecular flexibility index (Phi) is 26.5. The number of hydrogen-bond donors (Lipinski definition) is 3. The van der Waals surface area contributed by atoms with Gasteiger partial charge in [-0.1, -0.05) is 100 Å². The number of aryl methyl sites for hydroxylation is 1. The number of halogens is 4. The molecule has 91 heavy (non-hydrogen) atoms. The third kappa shape index (κ3) is 19.7. The second-order valence-electron chi connectivity index (χ2n) is 24.5. The minimum absolute atomic E-state index is 0.0232. The van der Waals surface area contributed by atoms with Crippen LogP contribution in [0.1, 0.15) is 95.9 Å². The molecule has 2 aliphatic heterocycles. The Morgan fingerprint density at radius 1 is 0.571 bits per heavy atom. The monoisotopic (exact) mass is 1290 g/mol. The quantitative estimate of drug-likeness (QED) is 0.261. The molecule has 2 saturated heterocycles. The molecule has 2 heterocycles. The zero-order valence-electron chi connectivity index (χ0n) is 54.3. The molecule has 0 aromatic heterocycles. The predicted octanol–water partition coefficient (Wildman–Crippen LogP) is 4.05. The first-order valence-electron chi connectivity index (χ1n) is 30.6. The lowest BCUT2D eigenvalue weighted by Gasteiger charge is -2.38. The number of amides is 11. The minimum atomic E-state index is -4.63. The lowest BCUT2D eigenvalue weighted by molar-refractivity contribution is -0.152. The smallest absolute Gasteiger partial charge is 0.351 e. The molecule has 498 valence electrons. The van der Waals surface area contributed by atoms with E-state index in [0.29, 0.717) is 34.6 Å². The molecule has 3 N–H and O–H groups in total. The van der Waals surface area contributed by atoms with Crippen LogP contribution >= 0.6 is 11.6 Å². The molecule has 2 aliphatic rings. The number of nitrogens with zero attached hydrogens (tertiary/aromatic N) is 8. The van der Waals surface area contributed by atoms with E-state index in [9.17, 15) is 51.5 Å². The molecule has 3 aromatic carbocycles. The van der Waals surface area contributed by atoms with Crippen molar-refractivity contribution in [2.45, 2.75) is 147 Å². The van der Waals surface area contributed by atoms with Gasteiger partial charge in [0.25, 0.3) is 0 Å². The van der Waals surface area contributed by atoms with E-state index in [1.807, 2.05) is 6.92 Å². The van der Waals surface area contributed by atoms with Gasteiger partial charge in [0.2, 0.25) is 65.0 Å². The predicted molar refractivity (Wildman–Crippen MR) is 335 cm³/mol. The van der Waals surface area contributed by atoms with Gasteiger partial charge in [0.1, 0.15) is 42.3 Å². The largest absolute Gasteiger partial charge is 0.416 e. The first-order valence-corrected chi connectivity index (χ1v) is 31.0. The maximum absolute atomic E-state index is 15.1. The third-order valence-corrected chi connectivity index (χ3v) is 17.5. The highest BCUT2D eigenvalue weighted by molar-refractivity contribution is 6.30. The molecule has 3 aromatic rings. The number of fused-ring (bicyclic) bond motifs is 1. The average Bonchev–Trinajstić information content (AvgIpc) is 1.93. The Morgan fingerprint density at radius 3 is 1.71 bits per heavy atom. The van der Waals surface area contributed by atoms with Gasteiger partial charge in [-0.3, -0.25) is 52.7 Å². The van der Waals surface area contributed by atoms with Gasteiger partial charge in [0.15, 0.2) is 0 Å². The maximum Gasteiger partial charge on any atom is 0.416 e. The summed E-state index contributed by atoms with van der Waals surface area (Å²) in [4.78, 5) is 168. The number of likely N-dealkylation sites (N-methyl/N-ethyl adjacent to an activating group) is 7. The summed E-state index contributed by atoms with van der Waals surface area (Å²) in [6.45, 7) is 8.31. The van der Waals surface area contributed by atoms with Gasteiger partial charge >= 0.3 is 6.18 Å². The molecular formula is C65H89ClF3N11O11. The summed E-state index contributed by atoms with van der Waals surface area (Å²) in [6, 6.07) is 10.2. The Balaban J connectivity index is 1.57. The molecule has 2 fully saturated rings. The van der Waals surface area contributed by atoms with Gasteiger partial charge in [0, 0.05) is 86.2 Å². The summed E-state index contributed by atoms with van der Waals surface area (Å²) in [6.07, 6.45) is -4.35. The summed E-state index contributed by atoms with van der Waals surface area (Å²) in [5.41, 5.74) is 0.717. The molecule has 0 unspecified atom stereocenters. The number of hydrogen-bond acceptors (Lipinski definition) is 11. The van der Waals surface area contributed by atoms with Crippen molar-refractivity contribution in [2.75, 3.05) is 75.5 Å². The van der Waals surface area contributed by atoms with Gasteiger partial charge in [-0.2, -0.15) is 13.2 Å². The Labute approximate surface area is 536 Å². The normalized spacial score (nSPS) is 24.4. The van der Waals surface area contributed by atoms with Crippen LogP contribution in [0.5, 0.6) is 0 Å². The van der Waals surface area contributed by atoms with Gasteiger partial charge in [0.05, 0.1) is 25.2 Å². The van der Waals surface area contributed by atoms with Crippen LogP contribution in [0.3, 0.4) is 0 Å². The molecule has 0 radical (unpaired) electrons. The topological polar surface area (TPSA) is 250 Å². The van der Waals surface area contributed by atoms with Crippen LogP contribution in [0.15, 0.2) is 78.9 Å². The number of alkyl halides is 3. The van der Waals surface area contributed by atoms with Crippen molar-refractivity contribution in [3.8, 4) is 0 Å². The van der Waals surface area contributed by atoms with Gasteiger partial charge in [-0.05, 0) is 92.3 Å². The van der Waals surface area contributed by atoms with Crippen LogP contribution in [0.4, 0.5) is 13.2 Å². The maximum atomic E-state index is 15.1. The lowest BCUT2D eigenvalue weighted by atomic mass is 9.97. The summed E-state index contributed by atoms with van der Waals surface area (Å²) in [7, 11) is 9.62. The van der Waals surface area contributed by atoms with E-state index in [2.05, 4.69) is 16.0 Å².